The Kier molecular flexibility index (Phi) is 10.1. The van der Waals surface area contributed by atoms with Gasteiger partial charge in [-0.25, -0.2) is 4.21 Å². The average Bonchev–Trinajstić information content (AvgIpc) is 3.87. The lowest BCUT2D eigenvalue weighted by Crippen LogP contribution is -2.47. The second-order valence-corrected chi connectivity index (χ2v) is 18.1. The summed E-state index contributed by atoms with van der Waals surface area (Å²) in [4.78, 5) is 30.2. The first-order valence-electron chi connectivity index (χ1n) is 19.1. The molecule has 3 aromatic rings. The lowest BCUT2D eigenvalue weighted by Gasteiger charge is -2.42. The van der Waals surface area contributed by atoms with Crippen molar-refractivity contribution < 1.29 is 23.3 Å². The van der Waals surface area contributed by atoms with Crippen LogP contribution in [0, 0.1) is 17.8 Å². The smallest absolute Gasteiger partial charge is 0.286 e. The highest BCUT2D eigenvalue weighted by atomic mass is 35.5. The first-order valence-corrected chi connectivity index (χ1v) is 21.2. The van der Waals surface area contributed by atoms with E-state index < -0.39 is 21.7 Å². The van der Waals surface area contributed by atoms with Gasteiger partial charge in [-0.05, 0) is 110 Å². The molecule has 2 aromatic carbocycles. The van der Waals surface area contributed by atoms with E-state index in [1.165, 1.54) is 11.1 Å². The van der Waals surface area contributed by atoms with Crippen LogP contribution in [-0.2, 0) is 33.0 Å². The highest BCUT2D eigenvalue weighted by Crippen LogP contribution is 2.46. The number of nitrogens with one attached hydrogen (secondary N) is 1. The van der Waals surface area contributed by atoms with Crippen LogP contribution in [0.15, 0.2) is 71.3 Å². The second-order valence-electron chi connectivity index (χ2n) is 15.6. The van der Waals surface area contributed by atoms with Crippen LogP contribution in [0.25, 0.3) is 6.08 Å². The van der Waals surface area contributed by atoms with Crippen LogP contribution in [0.5, 0.6) is 5.75 Å². The van der Waals surface area contributed by atoms with Crippen LogP contribution in [0.4, 0.5) is 5.69 Å². The van der Waals surface area contributed by atoms with Crippen molar-refractivity contribution in [1.29, 1.82) is 0 Å². The third kappa shape index (κ3) is 7.22. The second kappa shape index (κ2) is 14.8. The Hall–Kier alpha value is -3.86. The normalized spacial score (nSPS) is 30.1. The molecule has 2 aliphatic carbocycles. The van der Waals surface area contributed by atoms with Crippen molar-refractivity contribution in [3.05, 3.63) is 99.9 Å². The summed E-state index contributed by atoms with van der Waals surface area (Å²) in [5.41, 5.74) is 4.75. The number of aryl methyl sites for hydroxylation is 1. The number of hydrogen-bond donors (Lipinski definition) is 1. The molecule has 2 bridgehead atoms. The molecule has 0 saturated heterocycles. The molecule has 1 aromatic heterocycles. The van der Waals surface area contributed by atoms with Crippen molar-refractivity contribution in [1.82, 2.24) is 9.29 Å². The van der Waals surface area contributed by atoms with Crippen molar-refractivity contribution in [3.63, 3.8) is 0 Å². The molecule has 1 N–H and O–H groups in total. The molecule has 0 radical (unpaired) electrons. The summed E-state index contributed by atoms with van der Waals surface area (Å²) in [6, 6.07) is 13.5. The van der Waals surface area contributed by atoms with E-state index in [1.54, 1.807) is 25.4 Å². The molecule has 1 spiro atoms. The van der Waals surface area contributed by atoms with Gasteiger partial charge in [0, 0.05) is 54.6 Å². The molecule has 5 aliphatic rings. The Morgan fingerprint density at radius 2 is 2.04 bits per heavy atom. The number of nitrogens with zero attached hydrogens (tertiary/aromatic N) is 3. The zero-order valence-corrected chi connectivity index (χ0v) is 32.2. The minimum Gasteiger partial charge on any atom is -0.490 e. The maximum atomic E-state index is 14.8. The number of carbonyl (C=O) groups is 2. The average molecular weight is 757 g/mol. The van der Waals surface area contributed by atoms with E-state index in [9.17, 15) is 13.8 Å². The number of amides is 2. The molecular formula is C42H49ClN4O5S. The summed E-state index contributed by atoms with van der Waals surface area (Å²) in [7, 11) is -1.73. The molecule has 1 fully saturated rings. The molecule has 1 saturated carbocycles. The molecule has 280 valence electrons. The van der Waals surface area contributed by atoms with Crippen molar-refractivity contribution >= 4 is 45.1 Å². The van der Waals surface area contributed by atoms with Crippen molar-refractivity contribution in [2.75, 3.05) is 37.5 Å². The van der Waals surface area contributed by atoms with Gasteiger partial charge in [-0.2, -0.15) is 0 Å². The summed E-state index contributed by atoms with van der Waals surface area (Å²) in [5, 5.41) is 0.746. The molecule has 2 amide bonds. The summed E-state index contributed by atoms with van der Waals surface area (Å²) in [6.07, 6.45) is 17.6. The third-order valence-corrected chi connectivity index (χ3v) is 14.4. The Balaban J connectivity index is 1.21. The van der Waals surface area contributed by atoms with Gasteiger partial charge in [0.05, 0.1) is 29.7 Å². The van der Waals surface area contributed by atoms with Gasteiger partial charge in [0.15, 0.2) is 0 Å². The van der Waals surface area contributed by atoms with Gasteiger partial charge < -0.3 is 18.9 Å². The highest BCUT2D eigenvalue weighted by molar-refractivity contribution is 7.92. The molecule has 6 atom stereocenters. The first-order chi connectivity index (χ1) is 25.7. The van der Waals surface area contributed by atoms with E-state index in [4.69, 9.17) is 21.1 Å². The molecule has 3 aliphatic heterocycles. The Bertz CT molecular complexity index is 2100. The molecule has 53 heavy (non-hydrogen) atoms. The van der Waals surface area contributed by atoms with Crippen LogP contribution in [-0.4, -0.2) is 59.3 Å². The number of anilines is 1. The lowest BCUT2D eigenvalue weighted by atomic mass is 9.70. The minimum absolute atomic E-state index is 0.0502. The SMILES string of the molecule is CC[C@H]1C/C=C/[C@H](OC)[C@@H]2CCC[C@H]2CN2C[C@@]3(CCCc4cc(Cl)ccc43)COc3ccc(cc32)C(=O)N=S(=O)(NC(=O)c2cc3n(c2)CC=C3)C1. The number of ether oxygens (including phenoxy) is 2. The predicted octanol–water partition coefficient (Wildman–Crippen LogP) is 8.01. The van der Waals surface area contributed by atoms with Crippen LogP contribution in [0.1, 0.15) is 89.4 Å². The Morgan fingerprint density at radius 3 is 2.87 bits per heavy atom. The minimum atomic E-state index is -3.52. The van der Waals surface area contributed by atoms with Crippen molar-refractivity contribution in [3.8, 4) is 5.75 Å². The van der Waals surface area contributed by atoms with Gasteiger partial charge in [-0.3, -0.25) is 14.3 Å². The lowest BCUT2D eigenvalue weighted by molar-refractivity contribution is 0.0728. The molecule has 1 unspecified atom stereocenters. The van der Waals surface area contributed by atoms with E-state index in [0.717, 1.165) is 68.0 Å². The van der Waals surface area contributed by atoms with E-state index in [2.05, 4.69) is 38.3 Å². The van der Waals surface area contributed by atoms with Gasteiger partial charge in [0.1, 0.15) is 15.7 Å². The third-order valence-electron chi connectivity index (χ3n) is 12.3. The predicted molar refractivity (Wildman–Crippen MR) is 210 cm³/mol. The molecule has 9 nitrogen and oxygen atoms in total. The Labute approximate surface area is 318 Å². The molecule has 4 heterocycles. The molecular weight excluding hydrogens is 708 g/mol. The fraction of sp³-hybridized carbons (Fsp3) is 0.476. The monoisotopic (exact) mass is 756 g/mol. The number of hydrogen-bond acceptors (Lipinski definition) is 6. The Morgan fingerprint density at radius 1 is 1.15 bits per heavy atom. The molecule has 11 heteroatoms. The summed E-state index contributed by atoms with van der Waals surface area (Å²) in [5.74, 6) is 0.264. The quantitative estimate of drug-likeness (QED) is 0.271. The van der Waals surface area contributed by atoms with Crippen LogP contribution >= 0.6 is 11.6 Å². The number of benzene rings is 2. The number of halogens is 1. The summed E-state index contributed by atoms with van der Waals surface area (Å²) in [6.45, 7) is 4.74. The fourth-order valence-corrected chi connectivity index (χ4v) is 11.6. The van der Waals surface area contributed by atoms with Gasteiger partial charge in [0.25, 0.3) is 11.8 Å². The van der Waals surface area contributed by atoms with Gasteiger partial charge in [-0.1, -0.05) is 55.7 Å². The van der Waals surface area contributed by atoms with Gasteiger partial charge in [0.2, 0.25) is 0 Å². The summed E-state index contributed by atoms with van der Waals surface area (Å²) >= 11 is 6.49. The molecule has 8 rings (SSSR count). The van der Waals surface area contributed by atoms with Crippen LogP contribution in [0.2, 0.25) is 5.02 Å². The number of allylic oxidation sites excluding steroid dienone is 2. The summed E-state index contributed by atoms with van der Waals surface area (Å²) < 4.78 is 36.7. The zero-order chi connectivity index (χ0) is 36.7. The first kappa shape index (κ1) is 36.1. The van der Waals surface area contributed by atoms with Crippen molar-refractivity contribution in [2.45, 2.75) is 76.4 Å². The largest absolute Gasteiger partial charge is 0.490 e. The number of carbonyl (C=O) groups excluding carboxylic acids is 2. The van der Waals surface area contributed by atoms with Crippen LogP contribution < -0.4 is 14.4 Å². The number of aromatic nitrogens is 1. The standard InChI is InChI=1S/C42H49ClN4O5S/c1-3-28-8-4-13-38(51-2)35-12-5-9-31(35)23-47-26-42(18-6-10-29-20-33(43)15-16-36(29)42)27-52-39-17-14-30(22-37(39)47)40(48)44-53(50,25-28)45-41(49)32-21-34-11-7-19-46(34)24-32/h4,7,11,13-17,20-22,24,28,31,35,38H,3,5-6,8-10,12,18-19,23,25-27H2,1-2H3,(H,44,45,48,49,50)/b13-4+/t28-,31-,35+,38-,42-,53?/m0/s1. The number of methoxy groups -OCH3 is 1. The van der Waals surface area contributed by atoms with Gasteiger partial charge in [-0.15, -0.1) is 4.36 Å². The van der Waals surface area contributed by atoms with E-state index in [1.807, 2.05) is 41.8 Å². The number of rotatable bonds is 4. The maximum Gasteiger partial charge on any atom is 0.286 e. The fourth-order valence-electron chi connectivity index (χ4n) is 9.46. The topological polar surface area (TPSA) is 102 Å². The number of fused-ring (bicyclic) bond motifs is 5. The highest BCUT2D eigenvalue weighted by Gasteiger charge is 2.43. The van der Waals surface area contributed by atoms with Crippen molar-refractivity contribution in [2.24, 2.45) is 22.1 Å². The van der Waals surface area contributed by atoms with E-state index in [0.29, 0.717) is 54.7 Å². The zero-order valence-electron chi connectivity index (χ0n) is 30.6. The van der Waals surface area contributed by atoms with Crippen LogP contribution in [0.3, 0.4) is 0 Å². The van der Waals surface area contributed by atoms with E-state index >= 15 is 0 Å². The van der Waals surface area contributed by atoms with E-state index in [-0.39, 0.29) is 23.2 Å². The van der Waals surface area contributed by atoms with Gasteiger partial charge >= 0.3 is 0 Å². The maximum absolute atomic E-state index is 14.8.